The van der Waals surface area contributed by atoms with E-state index in [1.165, 1.54) is 0 Å². The molecule has 17 heavy (non-hydrogen) atoms. The van der Waals surface area contributed by atoms with Gasteiger partial charge in [0.05, 0.1) is 11.6 Å². The van der Waals surface area contributed by atoms with Crippen molar-refractivity contribution in [2.75, 3.05) is 26.9 Å². The summed E-state index contributed by atoms with van der Waals surface area (Å²) in [6.07, 6.45) is 0. The summed E-state index contributed by atoms with van der Waals surface area (Å²) in [5, 5.41) is 3.54. The first-order valence-electron chi connectivity index (χ1n) is 4.97. The molecule has 1 amide bonds. The second-order valence-electron chi connectivity index (χ2n) is 3.21. The normalized spacial score (nSPS) is 10.1. The number of hydrogen-bond acceptors (Lipinski definition) is 3. The summed E-state index contributed by atoms with van der Waals surface area (Å²) in [5.74, 6) is 0.152. The van der Waals surface area contributed by atoms with Crippen LogP contribution in [0.5, 0.6) is 5.75 Å². The van der Waals surface area contributed by atoms with E-state index < -0.39 is 0 Å². The fourth-order valence-electron chi connectivity index (χ4n) is 1.07. The zero-order valence-electron chi connectivity index (χ0n) is 9.33. The van der Waals surface area contributed by atoms with Crippen molar-refractivity contribution >= 4 is 29.1 Å². The molecule has 1 rings (SSSR count). The van der Waals surface area contributed by atoms with Gasteiger partial charge in [-0.25, -0.2) is 0 Å². The number of carbonyl (C=O) groups is 1. The van der Waals surface area contributed by atoms with E-state index in [9.17, 15) is 4.79 Å². The van der Waals surface area contributed by atoms with Crippen LogP contribution in [0.2, 0.25) is 10.0 Å². The summed E-state index contributed by atoms with van der Waals surface area (Å²) in [6, 6.07) is 4.82. The number of hydrogen-bond donors (Lipinski definition) is 1. The zero-order chi connectivity index (χ0) is 12.7. The molecule has 1 N–H and O–H groups in total. The third-order valence-corrected chi connectivity index (χ3v) is 2.43. The molecule has 0 aliphatic rings. The van der Waals surface area contributed by atoms with E-state index in [4.69, 9.17) is 32.7 Å². The van der Waals surface area contributed by atoms with Crippen LogP contribution in [0, 0.1) is 0 Å². The SMILES string of the molecule is COCCNC(=O)COc1cc(Cl)ccc1Cl. The third-order valence-electron chi connectivity index (χ3n) is 1.88. The molecule has 94 valence electrons. The van der Waals surface area contributed by atoms with Crippen LogP contribution in [-0.2, 0) is 9.53 Å². The van der Waals surface area contributed by atoms with Gasteiger partial charge in [-0.1, -0.05) is 23.2 Å². The molecule has 0 saturated heterocycles. The monoisotopic (exact) mass is 277 g/mol. The third kappa shape index (κ3) is 5.26. The molecule has 0 heterocycles. The maximum Gasteiger partial charge on any atom is 0.258 e. The van der Waals surface area contributed by atoms with Gasteiger partial charge < -0.3 is 14.8 Å². The van der Waals surface area contributed by atoms with Crippen LogP contribution < -0.4 is 10.1 Å². The molecule has 1 aromatic carbocycles. The Bertz CT molecular complexity index is 385. The summed E-state index contributed by atoms with van der Waals surface area (Å²) in [6.45, 7) is 0.801. The fraction of sp³-hybridized carbons (Fsp3) is 0.364. The van der Waals surface area contributed by atoms with Gasteiger partial charge in [0.2, 0.25) is 0 Å². The second kappa shape index (κ2) is 7.37. The molecule has 0 unspecified atom stereocenters. The van der Waals surface area contributed by atoms with E-state index in [1.807, 2.05) is 0 Å². The van der Waals surface area contributed by atoms with E-state index in [-0.39, 0.29) is 12.5 Å². The minimum Gasteiger partial charge on any atom is -0.482 e. The van der Waals surface area contributed by atoms with E-state index in [0.717, 1.165) is 0 Å². The summed E-state index contributed by atoms with van der Waals surface area (Å²) in [7, 11) is 1.56. The van der Waals surface area contributed by atoms with Crippen LogP contribution in [0.4, 0.5) is 0 Å². The quantitative estimate of drug-likeness (QED) is 0.811. The minimum atomic E-state index is -0.238. The van der Waals surface area contributed by atoms with Gasteiger partial charge in [-0.3, -0.25) is 4.79 Å². The van der Waals surface area contributed by atoms with Crippen molar-refractivity contribution in [1.29, 1.82) is 0 Å². The van der Waals surface area contributed by atoms with Crippen molar-refractivity contribution in [3.8, 4) is 5.75 Å². The predicted molar refractivity (Wildman–Crippen MR) is 66.8 cm³/mol. The lowest BCUT2D eigenvalue weighted by molar-refractivity contribution is -0.123. The number of rotatable bonds is 6. The maximum absolute atomic E-state index is 11.3. The molecule has 0 radical (unpaired) electrons. The number of methoxy groups -OCH3 is 1. The number of ether oxygens (including phenoxy) is 2. The molecule has 1 aromatic rings. The predicted octanol–water partition coefficient (Wildman–Crippen LogP) is 2.13. The average Bonchev–Trinajstić information content (AvgIpc) is 2.31. The number of benzene rings is 1. The van der Waals surface area contributed by atoms with Crippen molar-refractivity contribution in [2.24, 2.45) is 0 Å². The molecule has 0 bridgehead atoms. The first-order chi connectivity index (χ1) is 8.13. The van der Waals surface area contributed by atoms with E-state index in [1.54, 1.807) is 25.3 Å². The van der Waals surface area contributed by atoms with Gasteiger partial charge in [-0.2, -0.15) is 0 Å². The number of halogens is 2. The summed E-state index contributed by atoms with van der Waals surface area (Å²) in [4.78, 5) is 11.3. The highest BCUT2D eigenvalue weighted by atomic mass is 35.5. The molecule has 4 nitrogen and oxygen atoms in total. The van der Waals surface area contributed by atoms with Crippen molar-refractivity contribution in [2.45, 2.75) is 0 Å². The van der Waals surface area contributed by atoms with E-state index in [0.29, 0.717) is 28.9 Å². The van der Waals surface area contributed by atoms with Crippen LogP contribution in [0.15, 0.2) is 18.2 Å². The Labute approximate surface area is 110 Å². The molecule has 0 atom stereocenters. The van der Waals surface area contributed by atoms with Gasteiger partial charge in [0.1, 0.15) is 5.75 Å². The number of carbonyl (C=O) groups excluding carboxylic acids is 1. The Morgan fingerprint density at radius 1 is 1.41 bits per heavy atom. The summed E-state index contributed by atoms with van der Waals surface area (Å²) in [5.41, 5.74) is 0. The summed E-state index contributed by atoms with van der Waals surface area (Å²) >= 11 is 11.6. The van der Waals surface area contributed by atoms with Crippen LogP contribution >= 0.6 is 23.2 Å². The Morgan fingerprint density at radius 2 is 2.18 bits per heavy atom. The van der Waals surface area contributed by atoms with Crippen LogP contribution in [0.25, 0.3) is 0 Å². The second-order valence-corrected chi connectivity index (χ2v) is 4.05. The van der Waals surface area contributed by atoms with Crippen molar-refractivity contribution in [3.05, 3.63) is 28.2 Å². The topological polar surface area (TPSA) is 47.6 Å². The van der Waals surface area contributed by atoms with Gasteiger partial charge in [0.25, 0.3) is 5.91 Å². The van der Waals surface area contributed by atoms with Crippen LogP contribution in [-0.4, -0.2) is 32.8 Å². The molecule has 0 saturated carbocycles. The average molecular weight is 278 g/mol. The van der Waals surface area contributed by atoms with E-state index >= 15 is 0 Å². The highest BCUT2D eigenvalue weighted by Crippen LogP contribution is 2.27. The fourth-order valence-corrected chi connectivity index (χ4v) is 1.41. The minimum absolute atomic E-state index is 0.107. The van der Waals surface area contributed by atoms with Crippen LogP contribution in [0.1, 0.15) is 0 Å². The maximum atomic E-state index is 11.3. The van der Waals surface area contributed by atoms with E-state index in [2.05, 4.69) is 5.32 Å². The summed E-state index contributed by atoms with van der Waals surface area (Å²) < 4.78 is 10.0. The van der Waals surface area contributed by atoms with Gasteiger partial charge in [0.15, 0.2) is 6.61 Å². The molecule has 0 aromatic heterocycles. The Hall–Kier alpha value is -0.970. The Morgan fingerprint density at radius 3 is 2.88 bits per heavy atom. The molecule has 0 aliphatic heterocycles. The molecular formula is C11H13Cl2NO3. The lowest BCUT2D eigenvalue weighted by Crippen LogP contribution is -2.31. The molecular weight excluding hydrogens is 265 g/mol. The lowest BCUT2D eigenvalue weighted by Gasteiger charge is -2.08. The van der Waals surface area contributed by atoms with Crippen molar-refractivity contribution in [3.63, 3.8) is 0 Å². The number of amides is 1. The van der Waals surface area contributed by atoms with Crippen molar-refractivity contribution < 1.29 is 14.3 Å². The highest BCUT2D eigenvalue weighted by Gasteiger charge is 2.06. The Balaban J connectivity index is 2.39. The standard InChI is InChI=1S/C11H13Cl2NO3/c1-16-5-4-14-11(15)7-17-10-6-8(12)2-3-9(10)13/h2-3,6H,4-5,7H2,1H3,(H,14,15). The highest BCUT2D eigenvalue weighted by molar-refractivity contribution is 6.34. The number of nitrogens with one attached hydrogen (secondary N) is 1. The Kier molecular flexibility index (Phi) is 6.11. The van der Waals surface area contributed by atoms with Gasteiger partial charge >= 0.3 is 0 Å². The van der Waals surface area contributed by atoms with Gasteiger partial charge in [-0.05, 0) is 12.1 Å². The molecule has 0 aliphatic carbocycles. The van der Waals surface area contributed by atoms with Crippen molar-refractivity contribution in [1.82, 2.24) is 5.32 Å². The molecule has 0 spiro atoms. The smallest absolute Gasteiger partial charge is 0.258 e. The zero-order valence-corrected chi connectivity index (χ0v) is 10.8. The largest absolute Gasteiger partial charge is 0.482 e. The first kappa shape index (κ1) is 14.1. The van der Waals surface area contributed by atoms with Crippen LogP contribution in [0.3, 0.4) is 0 Å². The van der Waals surface area contributed by atoms with Gasteiger partial charge in [0, 0.05) is 24.7 Å². The van der Waals surface area contributed by atoms with Gasteiger partial charge in [-0.15, -0.1) is 0 Å². The molecule has 0 fully saturated rings. The molecule has 6 heteroatoms. The first-order valence-corrected chi connectivity index (χ1v) is 5.72. The lowest BCUT2D eigenvalue weighted by atomic mass is 10.3.